The molecule has 0 unspecified atom stereocenters. The minimum atomic E-state index is -0.295. The number of aromatic nitrogens is 4. The zero-order valence-electron chi connectivity index (χ0n) is 12.9. The van der Waals surface area contributed by atoms with Crippen molar-refractivity contribution in [1.29, 1.82) is 0 Å². The average molecular weight is 343 g/mol. The Balaban J connectivity index is 1.64. The summed E-state index contributed by atoms with van der Waals surface area (Å²) in [4.78, 5) is 12.0. The molecule has 0 aliphatic carbocycles. The van der Waals surface area contributed by atoms with Crippen LogP contribution in [0.4, 0.5) is 10.5 Å². The summed E-state index contributed by atoms with van der Waals surface area (Å²) in [5.74, 6) is 0. The van der Waals surface area contributed by atoms with Gasteiger partial charge in [-0.1, -0.05) is 29.8 Å². The lowest BCUT2D eigenvalue weighted by Gasteiger charge is -2.10. The second kappa shape index (κ2) is 7.10. The van der Waals surface area contributed by atoms with Crippen LogP contribution in [0.2, 0.25) is 5.02 Å². The van der Waals surface area contributed by atoms with Gasteiger partial charge >= 0.3 is 6.03 Å². The van der Waals surface area contributed by atoms with Gasteiger partial charge in [-0.3, -0.25) is 0 Å². The van der Waals surface area contributed by atoms with Crippen LogP contribution in [0.3, 0.4) is 0 Å². The first-order valence-electron chi connectivity index (χ1n) is 7.25. The molecule has 122 valence electrons. The lowest BCUT2D eigenvalue weighted by molar-refractivity contribution is 0.251. The Labute approximate surface area is 143 Å². The fourth-order valence-corrected chi connectivity index (χ4v) is 2.29. The second-order valence-corrected chi connectivity index (χ2v) is 5.63. The molecule has 1 heterocycles. The molecule has 0 bridgehead atoms. The van der Waals surface area contributed by atoms with Crippen molar-refractivity contribution in [2.45, 2.75) is 13.5 Å². The van der Waals surface area contributed by atoms with E-state index in [1.165, 1.54) is 6.33 Å². The minimum Gasteiger partial charge on any atom is -0.334 e. The highest BCUT2D eigenvalue weighted by molar-refractivity contribution is 6.30. The molecular weight excluding hydrogens is 328 g/mol. The van der Waals surface area contributed by atoms with Crippen molar-refractivity contribution in [1.82, 2.24) is 25.5 Å². The number of tetrazole rings is 1. The molecule has 0 atom stereocenters. The number of rotatable bonds is 4. The van der Waals surface area contributed by atoms with Crippen molar-refractivity contribution < 1.29 is 4.79 Å². The normalized spacial score (nSPS) is 10.4. The van der Waals surface area contributed by atoms with E-state index in [2.05, 4.69) is 26.2 Å². The molecule has 2 N–H and O–H groups in total. The SMILES string of the molecule is Cc1ccc(NC(=O)NCc2ccc(Cl)cc2)cc1-n1cnnn1. The molecular formula is C16H15ClN6O. The van der Waals surface area contributed by atoms with E-state index in [-0.39, 0.29) is 6.03 Å². The van der Waals surface area contributed by atoms with Crippen LogP contribution >= 0.6 is 11.6 Å². The van der Waals surface area contributed by atoms with E-state index in [0.29, 0.717) is 17.3 Å². The van der Waals surface area contributed by atoms with Gasteiger partial charge in [0.1, 0.15) is 6.33 Å². The van der Waals surface area contributed by atoms with Crippen LogP contribution in [0.1, 0.15) is 11.1 Å². The molecule has 0 aliphatic rings. The van der Waals surface area contributed by atoms with Crippen LogP contribution in [0.15, 0.2) is 48.8 Å². The Morgan fingerprint density at radius 2 is 2.00 bits per heavy atom. The number of anilines is 1. The Kier molecular flexibility index (Phi) is 4.72. The zero-order chi connectivity index (χ0) is 16.9. The highest BCUT2D eigenvalue weighted by Gasteiger charge is 2.07. The van der Waals surface area contributed by atoms with Gasteiger partial charge in [0.25, 0.3) is 0 Å². The van der Waals surface area contributed by atoms with Gasteiger partial charge in [0, 0.05) is 17.3 Å². The number of aryl methyl sites for hydroxylation is 1. The summed E-state index contributed by atoms with van der Waals surface area (Å²) < 4.78 is 1.55. The van der Waals surface area contributed by atoms with Gasteiger partial charge in [-0.2, -0.15) is 0 Å². The van der Waals surface area contributed by atoms with Crippen LogP contribution in [-0.2, 0) is 6.54 Å². The van der Waals surface area contributed by atoms with E-state index in [9.17, 15) is 4.79 Å². The highest BCUT2D eigenvalue weighted by atomic mass is 35.5. The second-order valence-electron chi connectivity index (χ2n) is 5.19. The van der Waals surface area contributed by atoms with E-state index < -0.39 is 0 Å². The molecule has 2 aromatic carbocycles. The number of amides is 2. The number of halogens is 1. The molecule has 3 aromatic rings. The maximum Gasteiger partial charge on any atom is 0.319 e. The number of urea groups is 1. The summed E-state index contributed by atoms with van der Waals surface area (Å²) in [5.41, 5.74) is 3.41. The molecule has 8 heteroatoms. The number of hydrogen-bond donors (Lipinski definition) is 2. The fourth-order valence-electron chi connectivity index (χ4n) is 2.17. The third-order valence-electron chi connectivity index (χ3n) is 3.43. The van der Waals surface area contributed by atoms with E-state index in [4.69, 9.17) is 11.6 Å². The molecule has 0 fully saturated rings. The molecule has 2 amide bonds. The smallest absolute Gasteiger partial charge is 0.319 e. The number of carbonyl (C=O) groups is 1. The summed E-state index contributed by atoms with van der Waals surface area (Å²) in [6.45, 7) is 2.36. The average Bonchev–Trinajstić information content (AvgIpc) is 3.10. The van der Waals surface area contributed by atoms with Crippen molar-refractivity contribution in [3.8, 4) is 5.69 Å². The standard InChI is InChI=1S/C16H15ClN6O/c1-11-2-7-14(8-15(11)23-10-19-21-22-23)20-16(24)18-9-12-3-5-13(17)6-4-12/h2-8,10H,9H2,1H3,(H2,18,20,24). The van der Waals surface area contributed by atoms with Crippen LogP contribution in [0.5, 0.6) is 0 Å². The third kappa shape index (κ3) is 3.88. The monoisotopic (exact) mass is 342 g/mol. The highest BCUT2D eigenvalue weighted by Crippen LogP contribution is 2.18. The summed E-state index contributed by atoms with van der Waals surface area (Å²) >= 11 is 5.84. The zero-order valence-corrected chi connectivity index (χ0v) is 13.7. The van der Waals surface area contributed by atoms with E-state index in [0.717, 1.165) is 16.8 Å². The van der Waals surface area contributed by atoms with Crippen molar-refractivity contribution in [3.63, 3.8) is 0 Å². The Bertz CT molecular complexity index is 832. The Morgan fingerprint density at radius 1 is 1.21 bits per heavy atom. The van der Waals surface area contributed by atoms with Gasteiger partial charge in [-0.15, -0.1) is 5.10 Å². The number of carbonyl (C=O) groups excluding carboxylic acids is 1. The van der Waals surface area contributed by atoms with Crippen molar-refractivity contribution in [2.75, 3.05) is 5.32 Å². The van der Waals surface area contributed by atoms with E-state index in [1.807, 2.05) is 37.3 Å². The van der Waals surface area contributed by atoms with Gasteiger partial charge in [0.15, 0.2) is 0 Å². The van der Waals surface area contributed by atoms with Gasteiger partial charge in [-0.25, -0.2) is 9.48 Å². The van der Waals surface area contributed by atoms with Crippen LogP contribution in [0.25, 0.3) is 5.69 Å². The van der Waals surface area contributed by atoms with Crippen molar-refractivity contribution in [2.24, 2.45) is 0 Å². The largest absolute Gasteiger partial charge is 0.334 e. The van der Waals surface area contributed by atoms with E-state index in [1.54, 1.807) is 16.8 Å². The Morgan fingerprint density at radius 3 is 2.71 bits per heavy atom. The lowest BCUT2D eigenvalue weighted by Crippen LogP contribution is -2.28. The molecule has 0 saturated carbocycles. The van der Waals surface area contributed by atoms with Crippen molar-refractivity contribution in [3.05, 3.63) is 64.9 Å². The molecule has 3 rings (SSSR count). The van der Waals surface area contributed by atoms with Crippen molar-refractivity contribution >= 4 is 23.3 Å². The van der Waals surface area contributed by atoms with Gasteiger partial charge < -0.3 is 10.6 Å². The van der Waals surface area contributed by atoms with Crippen LogP contribution < -0.4 is 10.6 Å². The van der Waals surface area contributed by atoms with Crippen LogP contribution in [0, 0.1) is 6.92 Å². The fraction of sp³-hybridized carbons (Fsp3) is 0.125. The number of benzene rings is 2. The first-order valence-corrected chi connectivity index (χ1v) is 7.63. The first kappa shape index (κ1) is 15.9. The lowest BCUT2D eigenvalue weighted by atomic mass is 10.2. The maximum absolute atomic E-state index is 12.0. The topological polar surface area (TPSA) is 84.7 Å². The molecule has 0 spiro atoms. The van der Waals surface area contributed by atoms with E-state index >= 15 is 0 Å². The number of nitrogens with one attached hydrogen (secondary N) is 2. The number of hydrogen-bond acceptors (Lipinski definition) is 4. The quantitative estimate of drug-likeness (QED) is 0.763. The minimum absolute atomic E-state index is 0.295. The Hall–Kier alpha value is -2.93. The van der Waals surface area contributed by atoms with Gasteiger partial charge in [0.2, 0.25) is 0 Å². The van der Waals surface area contributed by atoms with Crippen LogP contribution in [-0.4, -0.2) is 26.2 Å². The molecule has 0 aliphatic heterocycles. The van der Waals surface area contributed by atoms with Gasteiger partial charge in [0.05, 0.1) is 5.69 Å². The molecule has 1 aromatic heterocycles. The summed E-state index contributed by atoms with van der Waals surface area (Å²) in [7, 11) is 0. The summed E-state index contributed by atoms with van der Waals surface area (Å²) in [5, 5.41) is 17.4. The summed E-state index contributed by atoms with van der Waals surface area (Å²) in [6.07, 6.45) is 1.51. The number of nitrogens with zero attached hydrogens (tertiary/aromatic N) is 4. The molecule has 7 nitrogen and oxygen atoms in total. The predicted octanol–water partition coefficient (Wildman–Crippen LogP) is 2.95. The molecule has 0 radical (unpaired) electrons. The predicted molar refractivity (Wildman–Crippen MR) is 91.2 cm³/mol. The summed E-state index contributed by atoms with van der Waals surface area (Å²) in [6, 6.07) is 12.5. The van der Waals surface area contributed by atoms with Gasteiger partial charge in [-0.05, 0) is 52.7 Å². The molecule has 24 heavy (non-hydrogen) atoms. The first-order chi connectivity index (χ1) is 11.6. The molecule has 0 saturated heterocycles. The third-order valence-corrected chi connectivity index (χ3v) is 3.68. The maximum atomic E-state index is 12.0.